The van der Waals surface area contributed by atoms with E-state index >= 15 is 0 Å². The lowest BCUT2D eigenvalue weighted by Crippen LogP contribution is -2.44. The molecule has 0 spiro atoms. The van der Waals surface area contributed by atoms with Crippen LogP contribution in [0.25, 0.3) is 0 Å². The highest BCUT2D eigenvalue weighted by Gasteiger charge is 2.40. The third-order valence-corrected chi connectivity index (χ3v) is 2.03. The van der Waals surface area contributed by atoms with Crippen molar-refractivity contribution in [1.29, 1.82) is 0 Å². The van der Waals surface area contributed by atoms with Gasteiger partial charge in [-0.1, -0.05) is 12.2 Å². The largest absolute Gasteiger partial charge is 0.377 e. The lowest BCUT2D eigenvalue weighted by Gasteiger charge is -2.34. The topological polar surface area (TPSA) is 26.3 Å². The summed E-state index contributed by atoms with van der Waals surface area (Å²) in [5.74, 6) is 0.255. The molecule has 0 N–H and O–H groups in total. The Morgan fingerprint density at radius 2 is 2.45 bits per heavy atom. The van der Waals surface area contributed by atoms with Crippen molar-refractivity contribution in [3.63, 3.8) is 0 Å². The number of hydrogen-bond acceptors (Lipinski definition) is 2. The van der Waals surface area contributed by atoms with E-state index in [4.69, 9.17) is 4.74 Å². The standard InChI is InChI=1S/C9H14O2/c1-4-11-8-5-7(10)9(8)6(2)3/h8-9H,2,4-5H2,1,3H3. The van der Waals surface area contributed by atoms with E-state index in [9.17, 15) is 4.79 Å². The summed E-state index contributed by atoms with van der Waals surface area (Å²) in [6.07, 6.45) is 0.691. The van der Waals surface area contributed by atoms with E-state index in [1.54, 1.807) is 0 Å². The molecule has 0 amide bonds. The van der Waals surface area contributed by atoms with Gasteiger partial charge in [0.2, 0.25) is 0 Å². The van der Waals surface area contributed by atoms with Gasteiger partial charge in [-0.2, -0.15) is 0 Å². The van der Waals surface area contributed by atoms with Gasteiger partial charge in [0.25, 0.3) is 0 Å². The lowest BCUT2D eigenvalue weighted by molar-refractivity contribution is -0.141. The number of Topliss-reactive ketones (excluding diaryl/α,β-unsaturated/α-hetero) is 1. The van der Waals surface area contributed by atoms with Gasteiger partial charge in [0.05, 0.1) is 12.0 Å². The summed E-state index contributed by atoms with van der Waals surface area (Å²) in [7, 11) is 0. The van der Waals surface area contributed by atoms with Crippen molar-refractivity contribution >= 4 is 5.78 Å². The Hall–Kier alpha value is -0.630. The van der Waals surface area contributed by atoms with Crippen LogP contribution in [0.5, 0.6) is 0 Å². The molecule has 0 radical (unpaired) electrons. The maximum absolute atomic E-state index is 11.0. The molecular formula is C9H14O2. The van der Waals surface area contributed by atoms with E-state index in [-0.39, 0.29) is 17.8 Å². The van der Waals surface area contributed by atoms with Crippen molar-refractivity contribution in [1.82, 2.24) is 0 Å². The van der Waals surface area contributed by atoms with Crippen molar-refractivity contribution in [2.24, 2.45) is 5.92 Å². The fourth-order valence-corrected chi connectivity index (χ4v) is 1.45. The predicted octanol–water partition coefficient (Wildman–Crippen LogP) is 1.56. The molecule has 2 nitrogen and oxygen atoms in total. The zero-order valence-electron chi connectivity index (χ0n) is 7.09. The van der Waals surface area contributed by atoms with Gasteiger partial charge in [0.15, 0.2) is 0 Å². The molecule has 0 aromatic carbocycles. The molecule has 1 saturated carbocycles. The number of ketones is 1. The van der Waals surface area contributed by atoms with Crippen LogP contribution in [0.3, 0.4) is 0 Å². The lowest BCUT2D eigenvalue weighted by atomic mass is 9.76. The van der Waals surface area contributed by atoms with Crippen LogP contribution in [0, 0.1) is 5.92 Å². The monoisotopic (exact) mass is 154 g/mol. The molecule has 0 heterocycles. The molecule has 0 aliphatic heterocycles. The summed E-state index contributed by atoms with van der Waals surface area (Å²) in [6, 6.07) is 0. The van der Waals surface area contributed by atoms with Crippen LogP contribution in [0.1, 0.15) is 20.3 Å². The summed E-state index contributed by atoms with van der Waals surface area (Å²) in [4.78, 5) is 11.0. The maximum Gasteiger partial charge on any atom is 0.145 e. The first kappa shape index (κ1) is 8.47. The Morgan fingerprint density at radius 3 is 2.82 bits per heavy atom. The van der Waals surface area contributed by atoms with Gasteiger partial charge < -0.3 is 4.74 Å². The number of carbonyl (C=O) groups excluding carboxylic acids is 1. The van der Waals surface area contributed by atoms with Gasteiger partial charge >= 0.3 is 0 Å². The highest BCUT2D eigenvalue weighted by molar-refractivity contribution is 5.90. The van der Waals surface area contributed by atoms with E-state index in [2.05, 4.69) is 6.58 Å². The van der Waals surface area contributed by atoms with Gasteiger partial charge in [0.1, 0.15) is 5.78 Å². The molecule has 1 aliphatic carbocycles. The quantitative estimate of drug-likeness (QED) is 0.576. The molecule has 2 heteroatoms. The second kappa shape index (κ2) is 3.18. The third kappa shape index (κ3) is 1.51. The molecule has 2 atom stereocenters. The molecule has 11 heavy (non-hydrogen) atoms. The zero-order chi connectivity index (χ0) is 8.43. The van der Waals surface area contributed by atoms with Crippen molar-refractivity contribution < 1.29 is 9.53 Å². The molecule has 0 aromatic heterocycles. The molecular weight excluding hydrogens is 140 g/mol. The first-order valence-corrected chi connectivity index (χ1v) is 3.96. The average molecular weight is 154 g/mol. The zero-order valence-corrected chi connectivity index (χ0v) is 7.09. The van der Waals surface area contributed by atoms with Crippen LogP contribution in [-0.2, 0) is 9.53 Å². The molecule has 0 saturated heterocycles. The van der Waals surface area contributed by atoms with Crippen molar-refractivity contribution in [2.45, 2.75) is 26.4 Å². The predicted molar refractivity (Wildman–Crippen MR) is 43.3 cm³/mol. The van der Waals surface area contributed by atoms with Crippen LogP contribution in [0.15, 0.2) is 12.2 Å². The van der Waals surface area contributed by atoms with Gasteiger partial charge in [0, 0.05) is 13.0 Å². The highest BCUT2D eigenvalue weighted by Crippen LogP contribution is 2.31. The van der Waals surface area contributed by atoms with Crippen LogP contribution in [0.4, 0.5) is 0 Å². The van der Waals surface area contributed by atoms with E-state index < -0.39 is 0 Å². The minimum atomic E-state index is -0.0186. The number of ether oxygens (including phenoxy) is 1. The molecule has 1 rings (SSSR count). The Morgan fingerprint density at radius 1 is 1.82 bits per heavy atom. The Balaban J connectivity index is 2.48. The van der Waals surface area contributed by atoms with Crippen LogP contribution < -0.4 is 0 Å². The summed E-state index contributed by atoms with van der Waals surface area (Å²) >= 11 is 0. The van der Waals surface area contributed by atoms with Crippen LogP contribution in [-0.4, -0.2) is 18.5 Å². The average Bonchev–Trinajstić information content (AvgIpc) is 1.85. The van der Waals surface area contributed by atoms with E-state index in [1.807, 2.05) is 13.8 Å². The van der Waals surface area contributed by atoms with Gasteiger partial charge in [-0.25, -0.2) is 0 Å². The number of carbonyl (C=O) groups is 1. The van der Waals surface area contributed by atoms with Gasteiger partial charge in [-0.3, -0.25) is 4.79 Å². The second-order valence-electron chi connectivity index (χ2n) is 2.99. The SMILES string of the molecule is C=C(C)C1C(=O)CC1OCC. The van der Waals surface area contributed by atoms with E-state index in [1.165, 1.54) is 0 Å². The normalized spacial score (nSPS) is 29.8. The first-order chi connectivity index (χ1) is 5.16. The molecule has 0 aromatic rings. The summed E-state index contributed by atoms with van der Waals surface area (Å²) in [5.41, 5.74) is 0.930. The molecule has 1 fully saturated rings. The minimum Gasteiger partial charge on any atom is -0.377 e. The van der Waals surface area contributed by atoms with Gasteiger partial charge in [-0.15, -0.1) is 0 Å². The minimum absolute atomic E-state index is 0.0186. The Bertz CT molecular complexity index is 176. The van der Waals surface area contributed by atoms with Crippen molar-refractivity contribution in [3.8, 4) is 0 Å². The molecule has 2 unspecified atom stereocenters. The Kier molecular flexibility index (Phi) is 2.45. The molecule has 1 aliphatic rings. The summed E-state index contributed by atoms with van der Waals surface area (Å²) in [5, 5.41) is 0. The number of rotatable bonds is 3. The highest BCUT2D eigenvalue weighted by atomic mass is 16.5. The Labute approximate surface area is 67.2 Å². The summed E-state index contributed by atoms with van der Waals surface area (Å²) in [6.45, 7) is 8.27. The smallest absolute Gasteiger partial charge is 0.145 e. The fourth-order valence-electron chi connectivity index (χ4n) is 1.45. The fraction of sp³-hybridized carbons (Fsp3) is 0.667. The van der Waals surface area contributed by atoms with Crippen LogP contribution >= 0.6 is 0 Å². The molecule has 0 bridgehead atoms. The van der Waals surface area contributed by atoms with E-state index in [0.29, 0.717) is 13.0 Å². The summed E-state index contributed by atoms with van der Waals surface area (Å²) < 4.78 is 5.34. The maximum atomic E-state index is 11.0. The third-order valence-electron chi connectivity index (χ3n) is 2.03. The molecule has 62 valence electrons. The first-order valence-electron chi connectivity index (χ1n) is 3.96. The second-order valence-corrected chi connectivity index (χ2v) is 2.99. The van der Waals surface area contributed by atoms with Crippen molar-refractivity contribution in [3.05, 3.63) is 12.2 Å². The van der Waals surface area contributed by atoms with E-state index in [0.717, 1.165) is 5.57 Å². The van der Waals surface area contributed by atoms with Crippen molar-refractivity contribution in [2.75, 3.05) is 6.61 Å². The number of hydrogen-bond donors (Lipinski definition) is 0. The van der Waals surface area contributed by atoms with Gasteiger partial charge in [-0.05, 0) is 13.8 Å². The van der Waals surface area contributed by atoms with Crippen LogP contribution in [0.2, 0.25) is 0 Å².